The van der Waals surface area contributed by atoms with Crippen molar-refractivity contribution in [1.29, 1.82) is 0 Å². The lowest BCUT2D eigenvalue weighted by molar-refractivity contribution is 0.250. The van der Waals surface area contributed by atoms with Gasteiger partial charge in [-0.2, -0.15) is 5.10 Å². The monoisotopic (exact) mass is 391 g/mol. The van der Waals surface area contributed by atoms with Gasteiger partial charge in [-0.3, -0.25) is 10.1 Å². The molecule has 3 rings (SSSR count). The Hall–Kier alpha value is -2.49. The molecule has 0 aromatic carbocycles. The number of nitrogens with one attached hydrogen (secondary N) is 2. The van der Waals surface area contributed by atoms with Crippen LogP contribution in [0.5, 0.6) is 0 Å². The van der Waals surface area contributed by atoms with Gasteiger partial charge in [0.1, 0.15) is 5.01 Å². The van der Waals surface area contributed by atoms with Crippen LogP contribution >= 0.6 is 11.3 Å². The molecule has 1 aliphatic heterocycles. The van der Waals surface area contributed by atoms with E-state index in [4.69, 9.17) is 0 Å². The second-order valence-corrected chi connectivity index (χ2v) is 8.75. The maximum Gasteiger partial charge on any atom is 0.321 e. The van der Waals surface area contributed by atoms with Crippen LogP contribution in [0.4, 0.5) is 15.6 Å². The summed E-state index contributed by atoms with van der Waals surface area (Å²) >= 11 is 1.39. The van der Waals surface area contributed by atoms with Crippen LogP contribution in [0.25, 0.3) is 0 Å². The van der Waals surface area contributed by atoms with Gasteiger partial charge in [0.25, 0.3) is 5.56 Å². The number of rotatable bonds is 4. The first-order chi connectivity index (χ1) is 12.7. The Morgan fingerprint density at radius 2 is 2.15 bits per heavy atom. The molecule has 9 nitrogen and oxygen atoms in total. The van der Waals surface area contributed by atoms with E-state index < -0.39 is 0 Å². The molecule has 0 bridgehead atoms. The minimum absolute atomic E-state index is 0.0886. The zero-order chi connectivity index (χ0) is 19.6. The average molecular weight is 392 g/mol. The van der Waals surface area contributed by atoms with Crippen LogP contribution in [0.3, 0.4) is 0 Å². The van der Waals surface area contributed by atoms with E-state index in [2.05, 4.69) is 51.6 Å². The summed E-state index contributed by atoms with van der Waals surface area (Å²) in [5.74, 6) is 0.319. The van der Waals surface area contributed by atoms with Gasteiger partial charge in [-0.25, -0.2) is 9.48 Å². The van der Waals surface area contributed by atoms with E-state index in [1.54, 1.807) is 19.3 Å². The smallest absolute Gasteiger partial charge is 0.321 e. The second kappa shape index (κ2) is 7.63. The molecule has 1 saturated heterocycles. The van der Waals surface area contributed by atoms with Crippen molar-refractivity contribution in [2.75, 3.05) is 29.9 Å². The van der Waals surface area contributed by atoms with Gasteiger partial charge in [-0.1, -0.05) is 32.1 Å². The van der Waals surface area contributed by atoms with Crippen molar-refractivity contribution in [3.8, 4) is 0 Å². The van der Waals surface area contributed by atoms with Crippen molar-refractivity contribution in [3.05, 3.63) is 27.6 Å². The summed E-state index contributed by atoms with van der Waals surface area (Å²) in [4.78, 5) is 26.0. The predicted octanol–water partition coefficient (Wildman–Crippen LogP) is 1.58. The molecule has 1 fully saturated rings. The number of urea groups is 1. The number of anilines is 2. The third kappa shape index (κ3) is 4.82. The van der Waals surface area contributed by atoms with Crippen molar-refractivity contribution in [2.24, 2.45) is 13.0 Å². The number of carbonyl (C=O) groups excluding carboxylic acids is 1. The fraction of sp³-hybridized carbons (Fsp3) is 0.588. The molecule has 0 saturated carbocycles. The number of aromatic nitrogens is 4. The Kier molecular flexibility index (Phi) is 5.45. The predicted molar refractivity (Wildman–Crippen MR) is 105 cm³/mol. The highest BCUT2D eigenvalue weighted by Crippen LogP contribution is 2.27. The standard InChI is InChI=1S/C17H25N7O2S/c1-17(2,3)14-21-22-16(27-14)20-15(26)18-8-11-5-6-24(10-11)12-7-13(25)23(4)19-9-12/h7,9,11H,5-6,8,10H2,1-4H3,(H2,18,20,22,26). The molecule has 2 aromatic rings. The highest BCUT2D eigenvalue weighted by Gasteiger charge is 2.24. The Balaban J connectivity index is 1.48. The maximum atomic E-state index is 12.1. The highest BCUT2D eigenvalue weighted by atomic mass is 32.1. The molecule has 10 heteroatoms. The fourth-order valence-electron chi connectivity index (χ4n) is 2.82. The normalized spacial score (nSPS) is 17.2. The summed E-state index contributed by atoms with van der Waals surface area (Å²) in [5, 5.41) is 19.2. The lowest BCUT2D eigenvalue weighted by Gasteiger charge is -2.18. The molecular formula is C17H25N7O2S. The Labute approximate surface area is 161 Å². The number of aryl methyl sites for hydroxylation is 1. The number of hydrogen-bond acceptors (Lipinski definition) is 7. The lowest BCUT2D eigenvalue weighted by atomic mass is 9.98. The molecular weight excluding hydrogens is 366 g/mol. The lowest BCUT2D eigenvalue weighted by Crippen LogP contribution is -2.34. The molecule has 3 heterocycles. The minimum atomic E-state index is -0.277. The molecule has 0 radical (unpaired) electrons. The highest BCUT2D eigenvalue weighted by molar-refractivity contribution is 7.15. The zero-order valence-corrected chi connectivity index (χ0v) is 16.8. The number of carbonyl (C=O) groups is 1. The van der Waals surface area contributed by atoms with E-state index in [1.807, 2.05) is 0 Å². The number of nitrogens with zero attached hydrogens (tertiary/aromatic N) is 5. The zero-order valence-electron chi connectivity index (χ0n) is 16.0. The summed E-state index contributed by atoms with van der Waals surface area (Å²) < 4.78 is 1.31. The van der Waals surface area contributed by atoms with Crippen molar-refractivity contribution >= 4 is 28.2 Å². The maximum absolute atomic E-state index is 12.1. The average Bonchev–Trinajstić information content (AvgIpc) is 3.24. The van der Waals surface area contributed by atoms with Gasteiger partial charge < -0.3 is 10.2 Å². The van der Waals surface area contributed by atoms with Crippen LogP contribution in [-0.4, -0.2) is 45.6 Å². The molecule has 1 aliphatic rings. The quantitative estimate of drug-likeness (QED) is 0.820. The first-order valence-corrected chi connectivity index (χ1v) is 9.71. The van der Waals surface area contributed by atoms with Gasteiger partial charge in [0.15, 0.2) is 0 Å². The van der Waals surface area contributed by atoms with Gasteiger partial charge >= 0.3 is 6.03 Å². The van der Waals surface area contributed by atoms with E-state index in [-0.39, 0.29) is 17.0 Å². The van der Waals surface area contributed by atoms with Gasteiger partial charge in [-0.05, 0) is 12.3 Å². The third-order valence-corrected chi connectivity index (χ3v) is 5.71. The number of hydrogen-bond donors (Lipinski definition) is 2. The van der Waals surface area contributed by atoms with E-state index in [0.29, 0.717) is 17.6 Å². The topological polar surface area (TPSA) is 105 Å². The molecule has 1 unspecified atom stereocenters. The van der Waals surface area contributed by atoms with Crippen molar-refractivity contribution in [3.63, 3.8) is 0 Å². The minimum Gasteiger partial charge on any atom is -0.370 e. The third-order valence-electron chi connectivity index (χ3n) is 4.44. The second-order valence-electron chi connectivity index (χ2n) is 7.77. The van der Waals surface area contributed by atoms with E-state index in [1.165, 1.54) is 16.0 Å². The molecule has 2 N–H and O–H groups in total. The van der Waals surface area contributed by atoms with E-state index in [0.717, 1.165) is 30.2 Å². The summed E-state index contributed by atoms with van der Waals surface area (Å²) in [6.07, 6.45) is 2.65. The van der Waals surface area contributed by atoms with Gasteiger partial charge in [0, 0.05) is 38.2 Å². The molecule has 2 aromatic heterocycles. The van der Waals surface area contributed by atoms with Crippen LogP contribution in [0, 0.1) is 5.92 Å². The first kappa shape index (κ1) is 19.3. The van der Waals surface area contributed by atoms with Crippen LogP contribution in [0.1, 0.15) is 32.2 Å². The van der Waals surface area contributed by atoms with Gasteiger partial charge in [0.2, 0.25) is 5.13 Å². The van der Waals surface area contributed by atoms with Gasteiger partial charge in [0.05, 0.1) is 11.9 Å². The molecule has 0 aliphatic carbocycles. The first-order valence-electron chi connectivity index (χ1n) is 8.89. The van der Waals surface area contributed by atoms with Crippen molar-refractivity contribution < 1.29 is 4.79 Å². The van der Waals surface area contributed by atoms with Gasteiger partial charge in [-0.15, -0.1) is 10.2 Å². The molecule has 1 atom stereocenters. The van der Waals surface area contributed by atoms with Crippen LogP contribution < -0.4 is 21.1 Å². The Bertz CT molecular complexity index is 871. The fourth-order valence-corrected chi connectivity index (χ4v) is 3.62. The summed E-state index contributed by atoms with van der Waals surface area (Å²) in [6.45, 7) is 8.35. The van der Waals surface area contributed by atoms with Crippen molar-refractivity contribution in [1.82, 2.24) is 25.3 Å². The van der Waals surface area contributed by atoms with Crippen LogP contribution in [0.2, 0.25) is 0 Å². The summed E-state index contributed by atoms with van der Waals surface area (Å²) in [7, 11) is 1.63. The Morgan fingerprint density at radius 1 is 1.37 bits per heavy atom. The molecule has 27 heavy (non-hydrogen) atoms. The molecule has 0 spiro atoms. The number of amides is 2. The van der Waals surface area contributed by atoms with E-state index in [9.17, 15) is 9.59 Å². The Morgan fingerprint density at radius 3 is 2.81 bits per heavy atom. The summed E-state index contributed by atoms with van der Waals surface area (Å²) in [6, 6.07) is 1.32. The summed E-state index contributed by atoms with van der Waals surface area (Å²) in [5.41, 5.74) is 0.614. The molecule has 146 valence electrons. The molecule has 2 amide bonds. The van der Waals surface area contributed by atoms with E-state index >= 15 is 0 Å². The van der Waals surface area contributed by atoms with Crippen LogP contribution in [0.15, 0.2) is 17.1 Å². The van der Waals surface area contributed by atoms with Crippen LogP contribution in [-0.2, 0) is 12.5 Å². The largest absolute Gasteiger partial charge is 0.370 e. The SMILES string of the molecule is Cn1ncc(N2CCC(CNC(=O)Nc3nnc(C(C)(C)C)s3)C2)cc1=O. The van der Waals surface area contributed by atoms with Crippen molar-refractivity contribution in [2.45, 2.75) is 32.6 Å².